The highest BCUT2D eigenvalue weighted by atomic mass is 33.7. The second kappa shape index (κ2) is 29.7. The van der Waals surface area contributed by atoms with Gasteiger partial charge < -0.3 is 10.2 Å². The van der Waals surface area contributed by atoms with E-state index in [1.54, 1.807) is 0 Å². The molecule has 6 saturated heterocycles. The van der Waals surface area contributed by atoms with Gasteiger partial charge in [-0.3, -0.25) is 0 Å². The minimum absolute atomic E-state index is 0.0166. The Kier molecular flexibility index (Phi) is 25.7. The van der Waals surface area contributed by atoms with Crippen LogP contribution in [0.15, 0.2) is 36.4 Å². The van der Waals surface area contributed by atoms with Crippen molar-refractivity contribution in [2.75, 3.05) is 11.5 Å². The van der Waals surface area contributed by atoms with Crippen LogP contribution in [-0.4, -0.2) is 74.2 Å². The lowest BCUT2D eigenvalue weighted by atomic mass is 9.85. The van der Waals surface area contributed by atoms with Crippen molar-refractivity contribution >= 4 is 159 Å². The van der Waals surface area contributed by atoms with E-state index in [9.17, 15) is 10.2 Å². The van der Waals surface area contributed by atoms with Gasteiger partial charge in [0, 0.05) is 64.0 Å². The quantitative estimate of drug-likeness (QED) is 0.0976. The Morgan fingerprint density at radius 1 is 0.448 bits per heavy atom. The summed E-state index contributed by atoms with van der Waals surface area (Å²) in [5.74, 6) is 3.51. The summed E-state index contributed by atoms with van der Waals surface area (Å²) in [6.45, 7) is 13.0. The van der Waals surface area contributed by atoms with Gasteiger partial charge in [0.25, 0.3) is 0 Å². The molecule has 6 aliphatic rings. The molecule has 6 fully saturated rings. The van der Waals surface area contributed by atoms with Gasteiger partial charge in [-0.15, -0.1) is 0 Å². The van der Waals surface area contributed by atoms with Crippen molar-refractivity contribution < 1.29 is 10.2 Å². The lowest BCUT2D eigenvalue weighted by Gasteiger charge is -2.42. The van der Waals surface area contributed by atoms with Crippen LogP contribution in [0.25, 0.3) is 0 Å². The molecule has 378 valence electrons. The highest BCUT2D eigenvalue weighted by molar-refractivity contribution is 9.26. The maximum absolute atomic E-state index is 10.6. The van der Waals surface area contributed by atoms with Crippen LogP contribution in [0.1, 0.15) is 167 Å². The van der Waals surface area contributed by atoms with E-state index in [-0.39, 0.29) is 10.8 Å². The molecular weight excluding hydrogens is 1110 g/mol. The predicted molar refractivity (Wildman–Crippen MR) is 336 cm³/mol. The van der Waals surface area contributed by atoms with E-state index >= 15 is 0 Å². The van der Waals surface area contributed by atoms with Crippen molar-refractivity contribution in [2.24, 2.45) is 0 Å². The highest BCUT2D eigenvalue weighted by Crippen LogP contribution is 2.62. The number of benzene rings is 2. The van der Waals surface area contributed by atoms with Crippen molar-refractivity contribution in [3.8, 4) is 11.5 Å². The minimum Gasteiger partial charge on any atom is -0.508 e. The first-order valence-corrected chi connectivity index (χ1v) is 42.7. The SMILES string of the molecule is CC(C)(C)c1ccc(CCCCCCCC2SSSSC(CC3CSSCC(CC4SSSSC(CCCCCCCc5ccc(C(C)(C)C)c(O)c5)C5CC4S5)SS3)C3CC2SS3)cc1O. The number of aryl methyl sites for hydroxylation is 2. The number of hydrogen-bond acceptors (Lipinski definition) is 17. The summed E-state index contributed by atoms with van der Waals surface area (Å²) in [6, 6.07) is 12.7. The lowest BCUT2D eigenvalue weighted by Crippen LogP contribution is -2.40. The zero-order chi connectivity index (χ0) is 47.2. The summed E-state index contributed by atoms with van der Waals surface area (Å²) in [5.41, 5.74) is 4.61. The molecule has 2 N–H and O–H groups in total. The third-order valence-electron chi connectivity index (χ3n) is 13.5. The molecule has 6 heterocycles. The van der Waals surface area contributed by atoms with Crippen molar-refractivity contribution in [1.29, 1.82) is 0 Å². The summed E-state index contributed by atoms with van der Waals surface area (Å²) in [5, 5.41) is 29.0. The molecule has 17 heteroatoms. The zero-order valence-electron chi connectivity index (χ0n) is 40.4. The number of hydrogen-bond donors (Lipinski definition) is 2. The molecule has 2 aromatic carbocycles. The van der Waals surface area contributed by atoms with Crippen LogP contribution >= 0.6 is 159 Å². The zero-order valence-corrected chi connectivity index (χ0v) is 52.6. The maximum Gasteiger partial charge on any atom is 0.119 e. The monoisotopic (exact) mass is 1190 g/mol. The van der Waals surface area contributed by atoms with Gasteiger partial charge in [0.2, 0.25) is 0 Å². The average molecular weight is 1190 g/mol. The van der Waals surface area contributed by atoms with Crippen LogP contribution in [0.3, 0.4) is 0 Å². The molecule has 0 spiro atoms. The van der Waals surface area contributed by atoms with Gasteiger partial charge in [0.15, 0.2) is 0 Å². The first kappa shape index (κ1) is 58.0. The molecule has 6 aliphatic heterocycles. The van der Waals surface area contributed by atoms with Crippen LogP contribution in [0, 0.1) is 0 Å². The molecule has 8 rings (SSSR count). The fourth-order valence-corrected chi connectivity index (χ4v) is 39.5. The Morgan fingerprint density at radius 3 is 1.30 bits per heavy atom. The van der Waals surface area contributed by atoms with Gasteiger partial charge in [-0.05, 0) is 149 Å². The Bertz CT molecular complexity index is 1770. The van der Waals surface area contributed by atoms with E-state index in [1.807, 2.05) is 12.1 Å². The van der Waals surface area contributed by atoms with E-state index in [0.29, 0.717) is 11.5 Å². The van der Waals surface area contributed by atoms with Crippen molar-refractivity contribution in [3.05, 3.63) is 58.7 Å². The number of aromatic hydroxyl groups is 2. The van der Waals surface area contributed by atoms with Crippen LogP contribution in [-0.2, 0) is 23.7 Å². The van der Waals surface area contributed by atoms with Gasteiger partial charge in [-0.2, -0.15) is 11.8 Å². The Hall–Kier alpha value is 3.29. The second-order valence-electron chi connectivity index (χ2n) is 21.1. The molecule has 0 aliphatic carbocycles. The van der Waals surface area contributed by atoms with Crippen molar-refractivity contribution in [2.45, 2.75) is 220 Å². The Morgan fingerprint density at radius 2 is 0.836 bits per heavy atom. The average Bonchev–Trinajstić information content (AvgIpc) is 3.80. The molecule has 10 unspecified atom stereocenters. The minimum atomic E-state index is -0.0181. The van der Waals surface area contributed by atoms with Crippen LogP contribution in [0.5, 0.6) is 11.5 Å². The fourth-order valence-electron chi connectivity index (χ4n) is 9.50. The summed E-state index contributed by atoms with van der Waals surface area (Å²) < 4.78 is 0. The van der Waals surface area contributed by atoms with E-state index in [4.69, 9.17) is 0 Å². The first-order chi connectivity index (χ1) is 32.3. The van der Waals surface area contributed by atoms with Gasteiger partial charge in [0.1, 0.15) is 11.5 Å². The first-order valence-electron chi connectivity index (χ1n) is 24.8. The van der Waals surface area contributed by atoms with Crippen molar-refractivity contribution in [3.63, 3.8) is 0 Å². The van der Waals surface area contributed by atoms with Crippen LogP contribution in [0.4, 0.5) is 0 Å². The smallest absolute Gasteiger partial charge is 0.119 e. The van der Waals surface area contributed by atoms with Crippen LogP contribution in [0.2, 0.25) is 0 Å². The number of unbranched alkanes of at least 4 members (excludes halogenated alkanes) is 8. The van der Waals surface area contributed by atoms with Gasteiger partial charge >= 0.3 is 0 Å². The van der Waals surface area contributed by atoms with E-state index in [1.165, 1.54) is 125 Å². The third-order valence-corrected chi connectivity index (χ3v) is 40.4. The molecule has 0 amide bonds. The molecule has 10 atom stereocenters. The van der Waals surface area contributed by atoms with Crippen molar-refractivity contribution in [1.82, 2.24) is 0 Å². The molecule has 2 aromatic rings. The second-order valence-corrected chi connectivity index (χ2v) is 43.3. The molecule has 67 heavy (non-hydrogen) atoms. The van der Waals surface area contributed by atoms with E-state index in [0.717, 1.165) is 76.5 Å². The highest BCUT2D eigenvalue weighted by Gasteiger charge is 2.43. The number of phenolic OH excluding ortho intramolecular Hbond substituents is 2. The molecule has 2 nitrogen and oxygen atoms in total. The fraction of sp³-hybridized carbons (Fsp3) is 0.760. The van der Waals surface area contributed by atoms with E-state index < -0.39 is 0 Å². The lowest BCUT2D eigenvalue weighted by molar-refractivity contribution is 0.445. The normalized spacial score (nSPS) is 29.9. The van der Waals surface area contributed by atoms with E-state index in [2.05, 4.69) is 225 Å². The molecule has 0 saturated carbocycles. The Balaban J connectivity index is 0.756. The van der Waals surface area contributed by atoms with Gasteiger partial charge in [0.05, 0.1) is 0 Å². The topological polar surface area (TPSA) is 40.5 Å². The number of phenols is 2. The standard InChI is InChI=1S/C50H76O2S15/c1-49(2,3)37-23-21-33(25-39(37)51)17-13-9-7-11-15-19-41-43-29-44(55-43)45(62-66-64-60-41)27-35-31-53-54-32-36(57-56-35)28-46-48-30-47(58-59-48)42(61-65-67-63-46)20-16-12-8-10-14-18-34-22-24-38(40(52)26-34)50(4,5)6/h21-26,35-36,41-48,51-52H,7-20,27-32H2,1-6H3. The maximum atomic E-state index is 10.6. The summed E-state index contributed by atoms with van der Waals surface area (Å²) in [4.78, 5) is 0. The van der Waals surface area contributed by atoms with Gasteiger partial charge in [-0.25, -0.2) is 0 Å². The number of fused-ring (bicyclic) bond motifs is 7. The van der Waals surface area contributed by atoms with Gasteiger partial charge in [-0.1, -0.05) is 225 Å². The molecule has 0 aromatic heterocycles. The molecule has 4 bridgehead atoms. The summed E-state index contributed by atoms with van der Waals surface area (Å²) >= 11 is 2.36. The molecule has 0 radical (unpaired) electrons. The Labute approximate surface area is 465 Å². The molecular formula is C50H76O2S15. The summed E-state index contributed by atoms with van der Waals surface area (Å²) in [7, 11) is 30.6. The number of thioether (sulfide) groups is 1. The third kappa shape index (κ3) is 19.1. The van der Waals surface area contributed by atoms with Crippen LogP contribution < -0.4 is 0 Å². The largest absolute Gasteiger partial charge is 0.508 e. The predicted octanol–water partition coefficient (Wildman–Crippen LogP) is 20.7. The number of rotatable bonds is 20. The summed E-state index contributed by atoms with van der Waals surface area (Å²) in [6.07, 6.45) is 23.6.